The molecule has 2 heterocycles. The van der Waals surface area contributed by atoms with Gasteiger partial charge in [0.25, 0.3) is 0 Å². The van der Waals surface area contributed by atoms with Crippen LogP contribution in [0.1, 0.15) is 49.5 Å². The van der Waals surface area contributed by atoms with Gasteiger partial charge in [0.05, 0.1) is 22.8 Å². The molecule has 3 unspecified atom stereocenters. The van der Waals surface area contributed by atoms with Crippen molar-refractivity contribution < 1.29 is 47.6 Å². The number of aliphatic hydroxyl groups is 1. The van der Waals surface area contributed by atoms with Crippen molar-refractivity contribution in [2.75, 3.05) is 0 Å². The zero-order valence-electron chi connectivity index (χ0n) is 23.2. The minimum atomic E-state index is -1.36. The molecule has 5 atom stereocenters. The number of hydrogen-bond donors (Lipinski definition) is 1. The van der Waals surface area contributed by atoms with Crippen molar-refractivity contribution in [2.24, 2.45) is 0 Å². The zero-order chi connectivity index (χ0) is 30.2. The third-order valence-electron chi connectivity index (χ3n) is 6.75. The van der Waals surface area contributed by atoms with Gasteiger partial charge in [-0.3, -0.25) is 0 Å². The van der Waals surface area contributed by atoms with Crippen molar-refractivity contribution in [2.45, 2.75) is 50.8 Å². The average molecular weight is 587 g/mol. The maximum Gasteiger partial charge on any atom is 0.338 e. The first-order valence-corrected chi connectivity index (χ1v) is 13.7. The van der Waals surface area contributed by atoms with Gasteiger partial charge in [0.1, 0.15) is 24.7 Å². The summed E-state index contributed by atoms with van der Waals surface area (Å²) >= 11 is 0. The summed E-state index contributed by atoms with van der Waals surface area (Å²) in [5, 5.41) is 9.34. The van der Waals surface area contributed by atoms with Crippen molar-refractivity contribution in [3.8, 4) is 0 Å². The SMILES string of the molecule is CC1O[C@H](OCc2ccc(CO)o2)C(OC(=O)c2ccccc2)C(OC(=O)c2ccccc2)[C@H]1OC(=O)c1ccccc1. The fourth-order valence-electron chi connectivity index (χ4n) is 4.58. The van der Waals surface area contributed by atoms with Crippen LogP contribution >= 0.6 is 0 Å². The van der Waals surface area contributed by atoms with Crippen molar-refractivity contribution >= 4 is 17.9 Å². The van der Waals surface area contributed by atoms with E-state index in [2.05, 4.69) is 0 Å². The lowest BCUT2D eigenvalue weighted by Crippen LogP contribution is -2.61. The molecule has 1 N–H and O–H groups in total. The Morgan fingerprint density at radius 1 is 0.628 bits per heavy atom. The van der Waals surface area contributed by atoms with E-state index in [1.165, 1.54) is 0 Å². The predicted molar refractivity (Wildman–Crippen MR) is 151 cm³/mol. The number of hydrogen-bond acceptors (Lipinski definition) is 10. The molecule has 4 aromatic rings. The van der Waals surface area contributed by atoms with Gasteiger partial charge in [-0.25, -0.2) is 14.4 Å². The first-order valence-electron chi connectivity index (χ1n) is 13.7. The normalized spacial score (nSPS) is 21.5. The molecule has 43 heavy (non-hydrogen) atoms. The highest BCUT2D eigenvalue weighted by atomic mass is 16.7. The van der Waals surface area contributed by atoms with Gasteiger partial charge in [0, 0.05) is 0 Å². The molecule has 0 amide bonds. The minimum Gasteiger partial charge on any atom is -0.461 e. The lowest BCUT2D eigenvalue weighted by atomic mass is 9.98. The van der Waals surface area contributed by atoms with E-state index >= 15 is 0 Å². The third kappa shape index (κ3) is 7.36. The summed E-state index contributed by atoms with van der Waals surface area (Å²) in [5.41, 5.74) is 0.758. The molecule has 0 saturated carbocycles. The maximum atomic E-state index is 13.3. The van der Waals surface area contributed by atoms with Crippen LogP contribution in [0.25, 0.3) is 0 Å². The standard InChI is InChI=1S/C33H30O10/c1-21-27(41-30(35)22-11-5-2-6-12-22)28(42-31(36)23-13-7-3-8-14-23)29(43-32(37)24-15-9-4-10-16-24)33(39-21)38-20-26-18-17-25(19-34)40-26/h2-18,21,27-29,33-34H,19-20H2,1H3/t21?,27-,28?,29?,33-/m0/s1. The first kappa shape index (κ1) is 29.7. The molecular formula is C33H30O10. The number of ether oxygens (including phenoxy) is 5. The maximum absolute atomic E-state index is 13.3. The Labute approximate surface area is 247 Å². The highest BCUT2D eigenvalue weighted by Gasteiger charge is 2.52. The monoisotopic (exact) mass is 586 g/mol. The fraction of sp³-hybridized carbons (Fsp3) is 0.242. The van der Waals surface area contributed by atoms with Crippen LogP contribution in [0.3, 0.4) is 0 Å². The summed E-state index contributed by atoms with van der Waals surface area (Å²) in [6, 6.07) is 28.0. The van der Waals surface area contributed by atoms with Crippen LogP contribution < -0.4 is 0 Å². The number of carbonyl (C=O) groups is 3. The van der Waals surface area contributed by atoms with E-state index in [1.807, 2.05) is 0 Å². The molecule has 5 rings (SSSR count). The number of rotatable bonds is 10. The van der Waals surface area contributed by atoms with Crippen LogP contribution in [0.2, 0.25) is 0 Å². The predicted octanol–water partition coefficient (Wildman–Crippen LogP) is 4.71. The smallest absolute Gasteiger partial charge is 0.338 e. The summed E-state index contributed by atoms with van der Waals surface area (Å²) < 4.78 is 35.3. The van der Waals surface area contributed by atoms with Crippen LogP contribution in [-0.2, 0) is 36.9 Å². The first-order chi connectivity index (χ1) is 20.9. The molecule has 0 radical (unpaired) electrons. The van der Waals surface area contributed by atoms with Crippen LogP contribution in [0, 0.1) is 0 Å². The van der Waals surface area contributed by atoms with E-state index < -0.39 is 48.6 Å². The molecule has 0 aliphatic carbocycles. The number of carbonyl (C=O) groups excluding carboxylic acids is 3. The second-order valence-corrected chi connectivity index (χ2v) is 9.75. The van der Waals surface area contributed by atoms with Crippen molar-refractivity contribution in [3.63, 3.8) is 0 Å². The van der Waals surface area contributed by atoms with Gasteiger partial charge < -0.3 is 33.2 Å². The molecule has 1 aromatic heterocycles. The van der Waals surface area contributed by atoms with Gasteiger partial charge >= 0.3 is 17.9 Å². The molecular weight excluding hydrogens is 556 g/mol. The molecule has 10 heteroatoms. The quantitative estimate of drug-likeness (QED) is 0.206. The number of benzene rings is 3. The number of furan rings is 1. The van der Waals surface area contributed by atoms with E-state index in [4.69, 9.17) is 28.1 Å². The molecule has 0 bridgehead atoms. The topological polar surface area (TPSA) is 131 Å². The van der Waals surface area contributed by atoms with Crippen LogP contribution in [0.15, 0.2) is 108 Å². The number of esters is 3. The third-order valence-corrected chi connectivity index (χ3v) is 6.75. The Balaban J connectivity index is 1.48. The molecule has 1 fully saturated rings. The van der Waals surface area contributed by atoms with Gasteiger partial charge in [0.15, 0.2) is 24.6 Å². The van der Waals surface area contributed by atoms with Gasteiger partial charge in [0.2, 0.25) is 0 Å². The number of aliphatic hydroxyl groups excluding tert-OH is 1. The van der Waals surface area contributed by atoms with Crippen LogP contribution in [0.4, 0.5) is 0 Å². The van der Waals surface area contributed by atoms with Crippen LogP contribution in [0.5, 0.6) is 0 Å². The summed E-state index contributed by atoms with van der Waals surface area (Å²) in [4.78, 5) is 39.7. The van der Waals surface area contributed by atoms with Gasteiger partial charge in [-0.05, 0) is 55.5 Å². The lowest BCUT2D eigenvalue weighted by Gasteiger charge is -2.43. The largest absolute Gasteiger partial charge is 0.461 e. The zero-order valence-corrected chi connectivity index (χ0v) is 23.2. The van der Waals surface area contributed by atoms with Crippen molar-refractivity contribution in [1.29, 1.82) is 0 Å². The van der Waals surface area contributed by atoms with Crippen molar-refractivity contribution in [1.82, 2.24) is 0 Å². The highest BCUT2D eigenvalue weighted by Crippen LogP contribution is 2.31. The Morgan fingerprint density at radius 2 is 1.07 bits per heavy atom. The summed E-state index contributed by atoms with van der Waals surface area (Å²) in [6.07, 6.45) is -5.99. The summed E-state index contributed by atoms with van der Waals surface area (Å²) in [7, 11) is 0. The molecule has 222 valence electrons. The van der Waals surface area contributed by atoms with E-state index in [1.54, 1.807) is 110 Å². The molecule has 0 spiro atoms. The van der Waals surface area contributed by atoms with E-state index in [-0.39, 0.29) is 29.9 Å². The Morgan fingerprint density at radius 3 is 1.53 bits per heavy atom. The molecule has 10 nitrogen and oxygen atoms in total. The molecule has 1 aliphatic heterocycles. The molecule has 1 aliphatic rings. The van der Waals surface area contributed by atoms with E-state index in [0.717, 1.165) is 0 Å². The minimum absolute atomic E-state index is 0.120. The van der Waals surface area contributed by atoms with Crippen LogP contribution in [-0.4, -0.2) is 53.7 Å². The second-order valence-electron chi connectivity index (χ2n) is 9.75. The second kappa shape index (κ2) is 13.9. The van der Waals surface area contributed by atoms with Gasteiger partial charge in [-0.2, -0.15) is 0 Å². The molecule has 1 saturated heterocycles. The van der Waals surface area contributed by atoms with E-state index in [9.17, 15) is 19.5 Å². The van der Waals surface area contributed by atoms with Gasteiger partial charge in [-0.15, -0.1) is 0 Å². The van der Waals surface area contributed by atoms with Gasteiger partial charge in [-0.1, -0.05) is 54.6 Å². The highest BCUT2D eigenvalue weighted by molar-refractivity contribution is 5.91. The summed E-state index contributed by atoms with van der Waals surface area (Å²) in [5.74, 6) is -1.41. The van der Waals surface area contributed by atoms with Crippen molar-refractivity contribution in [3.05, 3.63) is 131 Å². The summed E-state index contributed by atoms with van der Waals surface area (Å²) in [6.45, 7) is 1.22. The average Bonchev–Trinajstić information content (AvgIpc) is 3.52. The molecule has 3 aromatic carbocycles. The van der Waals surface area contributed by atoms with E-state index in [0.29, 0.717) is 11.5 Å². The Hall–Kier alpha value is -4.77. The Kier molecular flexibility index (Phi) is 9.63. The Bertz CT molecular complexity index is 1500. The lowest BCUT2D eigenvalue weighted by molar-refractivity contribution is -0.294. The fourth-order valence-corrected chi connectivity index (χ4v) is 4.58.